The van der Waals surface area contributed by atoms with Gasteiger partial charge in [-0.2, -0.15) is 0 Å². The van der Waals surface area contributed by atoms with Crippen LogP contribution >= 0.6 is 23.2 Å². The Bertz CT molecular complexity index is 1770. The third-order valence-corrected chi connectivity index (χ3v) is 7.96. The number of hydrogen-bond donors (Lipinski definition) is 0. The van der Waals surface area contributed by atoms with Gasteiger partial charge in [0.2, 0.25) is 0 Å². The molecule has 2 aromatic carbocycles. The van der Waals surface area contributed by atoms with Gasteiger partial charge in [-0.15, -0.1) is 0 Å². The van der Waals surface area contributed by atoms with E-state index in [-0.39, 0.29) is 23.7 Å². The van der Waals surface area contributed by atoms with E-state index in [1.807, 2.05) is 36.4 Å². The summed E-state index contributed by atoms with van der Waals surface area (Å²) in [4.78, 5) is 25.5. The van der Waals surface area contributed by atoms with Gasteiger partial charge in [-0.3, -0.25) is 0 Å². The fraction of sp³-hybridized carbons (Fsp3) is 0.133. The molecule has 0 aliphatic heterocycles. The summed E-state index contributed by atoms with van der Waals surface area (Å²) < 4.78 is 22.9. The average molecular weight is 545 g/mol. The molecule has 7 rings (SSSR count). The van der Waals surface area contributed by atoms with Crippen molar-refractivity contribution >= 4 is 45.1 Å². The van der Waals surface area contributed by atoms with Crippen LogP contribution in [-0.4, -0.2) is 0 Å². The number of benzene rings is 2. The van der Waals surface area contributed by atoms with Gasteiger partial charge in [0.05, 0.1) is 12.5 Å². The summed E-state index contributed by atoms with van der Waals surface area (Å²) in [6.07, 6.45) is 3.25. The van der Waals surface area contributed by atoms with E-state index in [2.05, 4.69) is 0 Å². The Labute approximate surface area is 225 Å². The molecule has 6 aromatic rings. The van der Waals surface area contributed by atoms with Crippen LogP contribution in [0.1, 0.15) is 46.3 Å². The van der Waals surface area contributed by atoms with Crippen LogP contribution in [0, 0.1) is 0 Å². The predicted octanol–water partition coefficient (Wildman–Crippen LogP) is 7.84. The van der Waals surface area contributed by atoms with Crippen LogP contribution in [0.25, 0.3) is 21.9 Å². The fourth-order valence-electron chi connectivity index (χ4n) is 6.07. The summed E-state index contributed by atoms with van der Waals surface area (Å²) in [7, 11) is 0. The van der Waals surface area contributed by atoms with Crippen molar-refractivity contribution in [2.75, 3.05) is 0 Å². The van der Waals surface area contributed by atoms with Gasteiger partial charge in [-0.25, -0.2) is 9.59 Å². The van der Waals surface area contributed by atoms with Gasteiger partial charge in [-0.05, 0) is 59.7 Å². The second-order valence-electron chi connectivity index (χ2n) is 9.46. The third kappa shape index (κ3) is 3.63. The summed E-state index contributed by atoms with van der Waals surface area (Å²) in [5.41, 5.74) is 1.44. The van der Waals surface area contributed by atoms with Gasteiger partial charge in [0, 0.05) is 68.8 Å². The standard InChI is InChI=1S/C30H18Cl2O6/c31-15-5-7-17-19(13-25(33)37-23(17)11-15)27-29(21-3-1-9-35-21)28(30(27)22-4-2-10-36-22)20-14-26(34)38-24-12-16(32)6-8-18(20)24/h1-14,27-30H. The quantitative estimate of drug-likeness (QED) is 0.210. The summed E-state index contributed by atoms with van der Waals surface area (Å²) >= 11 is 12.4. The molecule has 0 bridgehead atoms. The van der Waals surface area contributed by atoms with Crippen LogP contribution in [-0.2, 0) is 0 Å². The maximum Gasteiger partial charge on any atom is 0.336 e. The van der Waals surface area contributed by atoms with E-state index in [9.17, 15) is 9.59 Å². The number of fused-ring (bicyclic) bond motifs is 2. The molecular formula is C30H18Cl2O6. The van der Waals surface area contributed by atoms with Gasteiger partial charge in [0.15, 0.2) is 0 Å². The molecule has 188 valence electrons. The van der Waals surface area contributed by atoms with E-state index in [0.29, 0.717) is 21.2 Å². The van der Waals surface area contributed by atoms with Gasteiger partial charge < -0.3 is 17.7 Å². The Balaban J connectivity index is 1.52. The molecule has 0 atom stereocenters. The van der Waals surface area contributed by atoms with Crippen LogP contribution in [0.4, 0.5) is 0 Å². The number of hydrogen-bond acceptors (Lipinski definition) is 6. The Kier molecular flexibility index (Phi) is 5.35. The Morgan fingerprint density at radius 3 is 1.39 bits per heavy atom. The topological polar surface area (TPSA) is 86.7 Å². The molecule has 0 N–H and O–H groups in total. The van der Waals surface area contributed by atoms with Crippen LogP contribution < -0.4 is 11.3 Å². The SMILES string of the molecule is O=c1cc(C2C(c3ccco3)C(c3cc(=O)oc4cc(Cl)ccc34)C2c2ccco2)c2ccc(Cl)cc2o1. The first-order valence-electron chi connectivity index (χ1n) is 12.0. The monoisotopic (exact) mass is 544 g/mol. The molecule has 0 spiro atoms. The molecule has 1 aliphatic carbocycles. The minimum atomic E-state index is -0.477. The van der Waals surface area contributed by atoms with Gasteiger partial charge in [-0.1, -0.05) is 23.2 Å². The summed E-state index contributed by atoms with van der Waals surface area (Å²) in [5, 5.41) is 2.48. The Morgan fingerprint density at radius 1 is 0.553 bits per heavy atom. The maximum absolute atomic E-state index is 12.7. The lowest BCUT2D eigenvalue weighted by molar-refractivity contribution is 0.179. The van der Waals surface area contributed by atoms with Crippen molar-refractivity contribution in [3.8, 4) is 0 Å². The molecule has 0 unspecified atom stereocenters. The van der Waals surface area contributed by atoms with E-state index >= 15 is 0 Å². The van der Waals surface area contributed by atoms with E-state index in [0.717, 1.165) is 33.4 Å². The molecular weight excluding hydrogens is 527 g/mol. The highest BCUT2D eigenvalue weighted by Crippen LogP contribution is 2.67. The molecule has 4 heterocycles. The molecule has 6 nitrogen and oxygen atoms in total. The fourth-order valence-corrected chi connectivity index (χ4v) is 6.39. The second-order valence-corrected chi connectivity index (χ2v) is 10.3. The molecule has 1 saturated carbocycles. The first kappa shape index (κ1) is 23.1. The molecule has 0 saturated heterocycles. The lowest BCUT2D eigenvalue weighted by Crippen LogP contribution is -2.40. The number of furan rings is 2. The van der Waals surface area contributed by atoms with Crippen LogP contribution in [0.5, 0.6) is 0 Å². The first-order chi connectivity index (χ1) is 18.5. The molecule has 0 amide bonds. The van der Waals surface area contributed by atoms with Crippen molar-refractivity contribution < 1.29 is 17.7 Å². The lowest BCUT2D eigenvalue weighted by Gasteiger charge is -2.51. The molecule has 1 fully saturated rings. The van der Waals surface area contributed by atoms with Gasteiger partial charge >= 0.3 is 11.3 Å². The zero-order chi connectivity index (χ0) is 26.0. The van der Waals surface area contributed by atoms with E-state index in [1.54, 1.807) is 36.8 Å². The van der Waals surface area contributed by atoms with E-state index in [1.165, 1.54) is 12.1 Å². The van der Waals surface area contributed by atoms with Crippen LogP contribution in [0.15, 0.2) is 113 Å². The van der Waals surface area contributed by atoms with Crippen LogP contribution in [0.3, 0.4) is 0 Å². The highest BCUT2D eigenvalue weighted by Gasteiger charge is 2.56. The van der Waals surface area contributed by atoms with Gasteiger partial charge in [0.1, 0.15) is 22.7 Å². The minimum absolute atomic E-state index is 0.235. The van der Waals surface area contributed by atoms with Crippen molar-refractivity contribution in [1.82, 2.24) is 0 Å². The average Bonchev–Trinajstić information content (AvgIpc) is 3.58. The van der Waals surface area contributed by atoms with Crippen molar-refractivity contribution in [2.24, 2.45) is 0 Å². The normalized spacial score (nSPS) is 21.1. The second kappa shape index (κ2) is 8.79. The van der Waals surface area contributed by atoms with E-state index < -0.39 is 11.3 Å². The number of rotatable bonds is 4. The summed E-state index contributed by atoms with van der Waals surface area (Å²) in [5.74, 6) is 0.518. The molecule has 4 aromatic heterocycles. The highest BCUT2D eigenvalue weighted by molar-refractivity contribution is 6.31. The smallest absolute Gasteiger partial charge is 0.336 e. The van der Waals surface area contributed by atoms with Gasteiger partial charge in [0.25, 0.3) is 0 Å². The first-order valence-corrected chi connectivity index (χ1v) is 12.8. The molecule has 1 aliphatic rings. The lowest BCUT2D eigenvalue weighted by atomic mass is 9.50. The molecule has 0 radical (unpaired) electrons. The Hall–Kier alpha value is -4.00. The van der Waals surface area contributed by atoms with E-state index in [4.69, 9.17) is 40.9 Å². The van der Waals surface area contributed by atoms with Crippen molar-refractivity contribution in [2.45, 2.75) is 23.7 Å². The molecule has 38 heavy (non-hydrogen) atoms. The number of halogens is 2. The Morgan fingerprint density at radius 2 is 1.00 bits per heavy atom. The zero-order valence-electron chi connectivity index (χ0n) is 19.6. The minimum Gasteiger partial charge on any atom is -0.469 e. The van der Waals surface area contributed by atoms with Crippen LogP contribution in [0.2, 0.25) is 10.0 Å². The van der Waals surface area contributed by atoms with Crippen molar-refractivity contribution in [3.05, 3.63) is 139 Å². The summed E-state index contributed by atoms with van der Waals surface area (Å²) in [6, 6.07) is 21.1. The third-order valence-electron chi connectivity index (χ3n) is 7.49. The maximum atomic E-state index is 12.7. The summed E-state index contributed by atoms with van der Waals surface area (Å²) in [6.45, 7) is 0. The predicted molar refractivity (Wildman–Crippen MR) is 143 cm³/mol. The van der Waals surface area contributed by atoms with Crippen molar-refractivity contribution in [1.29, 1.82) is 0 Å². The van der Waals surface area contributed by atoms with Crippen molar-refractivity contribution in [3.63, 3.8) is 0 Å². The zero-order valence-corrected chi connectivity index (χ0v) is 21.1. The largest absolute Gasteiger partial charge is 0.469 e. The molecule has 8 heteroatoms. The highest BCUT2D eigenvalue weighted by atomic mass is 35.5.